The van der Waals surface area contributed by atoms with Gasteiger partial charge in [-0.3, -0.25) is 10.1 Å². The van der Waals surface area contributed by atoms with Gasteiger partial charge in [0.1, 0.15) is 0 Å². The van der Waals surface area contributed by atoms with E-state index in [2.05, 4.69) is 0 Å². The SMILES string of the molecule is O=[N+]([O-])c1ccc2c(c1)C[C@H](B(O)O)CC2. The highest BCUT2D eigenvalue weighted by Crippen LogP contribution is 2.32. The van der Waals surface area contributed by atoms with Crippen molar-refractivity contribution in [2.75, 3.05) is 0 Å². The van der Waals surface area contributed by atoms with Crippen LogP contribution < -0.4 is 0 Å². The van der Waals surface area contributed by atoms with E-state index >= 15 is 0 Å². The van der Waals surface area contributed by atoms with Crippen LogP contribution in [-0.2, 0) is 12.8 Å². The summed E-state index contributed by atoms with van der Waals surface area (Å²) in [7, 11) is -1.34. The van der Waals surface area contributed by atoms with Crippen molar-refractivity contribution < 1.29 is 15.0 Å². The molecule has 84 valence electrons. The van der Waals surface area contributed by atoms with Gasteiger partial charge in [0.2, 0.25) is 0 Å². The normalized spacial score (nSPS) is 19.0. The average Bonchev–Trinajstić information content (AvgIpc) is 2.27. The number of nitro groups is 1. The van der Waals surface area contributed by atoms with Gasteiger partial charge in [0.25, 0.3) is 5.69 Å². The third-order valence-electron chi connectivity index (χ3n) is 3.09. The maximum atomic E-state index is 10.6. The molecule has 2 N–H and O–H groups in total. The van der Waals surface area contributed by atoms with Crippen molar-refractivity contribution in [3.8, 4) is 0 Å². The standard InChI is InChI=1S/C10H12BNO4/c13-11(14)9-3-1-7-2-4-10(12(15)16)6-8(7)5-9/h2,4,6,9,13-14H,1,3,5H2/t9-/m1/s1. The molecule has 0 unspecified atom stereocenters. The van der Waals surface area contributed by atoms with Gasteiger partial charge in [-0.05, 0) is 36.2 Å². The van der Waals surface area contributed by atoms with E-state index in [1.165, 1.54) is 12.1 Å². The van der Waals surface area contributed by atoms with Gasteiger partial charge >= 0.3 is 7.12 Å². The number of rotatable bonds is 2. The van der Waals surface area contributed by atoms with Crippen LogP contribution in [-0.4, -0.2) is 22.1 Å². The zero-order chi connectivity index (χ0) is 11.7. The summed E-state index contributed by atoms with van der Waals surface area (Å²) in [5.41, 5.74) is 1.99. The minimum Gasteiger partial charge on any atom is -0.427 e. The van der Waals surface area contributed by atoms with Crippen LogP contribution in [0.2, 0.25) is 5.82 Å². The third-order valence-corrected chi connectivity index (χ3v) is 3.09. The van der Waals surface area contributed by atoms with Crippen LogP contribution in [0, 0.1) is 10.1 Å². The van der Waals surface area contributed by atoms with Crippen LogP contribution in [0.15, 0.2) is 18.2 Å². The fourth-order valence-corrected chi connectivity index (χ4v) is 2.14. The summed E-state index contributed by atoms with van der Waals surface area (Å²) in [4.78, 5) is 10.2. The van der Waals surface area contributed by atoms with E-state index in [0.717, 1.165) is 17.5 Å². The number of hydrogen-bond donors (Lipinski definition) is 2. The number of fused-ring (bicyclic) bond motifs is 1. The Morgan fingerprint density at radius 2 is 2.12 bits per heavy atom. The Hall–Kier alpha value is -1.40. The number of hydrogen-bond acceptors (Lipinski definition) is 4. The molecule has 0 fully saturated rings. The average molecular weight is 221 g/mol. The van der Waals surface area contributed by atoms with Crippen LogP contribution >= 0.6 is 0 Å². The second kappa shape index (κ2) is 4.23. The van der Waals surface area contributed by atoms with Gasteiger partial charge in [0.15, 0.2) is 0 Å². The largest absolute Gasteiger partial charge is 0.455 e. The Labute approximate surface area is 93.0 Å². The second-order valence-corrected chi connectivity index (χ2v) is 4.13. The molecular weight excluding hydrogens is 209 g/mol. The lowest BCUT2D eigenvalue weighted by atomic mass is 9.64. The summed E-state index contributed by atoms with van der Waals surface area (Å²) in [6.45, 7) is 0. The number of nitro benzene ring substituents is 1. The summed E-state index contributed by atoms with van der Waals surface area (Å²) in [5.74, 6) is -0.213. The minimum atomic E-state index is -1.34. The Kier molecular flexibility index (Phi) is 2.94. The van der Waals surface area contributed by atoms with Crippen molar-refractivity contribution in [3.05, 3.63) is 39.4 Å². The molecule has 0 heterocycles. The number of non-ortho nitro benzene ring substituents is 1. The van der Waals surface area contributed by atoms with E-state index in [1.54, 1.807) is 6.07 Å². The molecule has 16 heavy (non-hydrogen) atoms. The predicted octanol–water partition coefficient (Wildman–Crippen LogP) is 0.926. The molecule has 0 aromatic heterocycles. The van der Waals surface area contributed by atoms with Crippen molar-refractivity contribution in [1.29, 1.82) is 0 Å². The molecule has 1 atom stereocenters. The summed E-state index contributed by atoms with van der Waals surface area (Å²) in [5, 5.41) is 28.8. The quantitative estimate of drug-likeness (QED) is 0.442. The van der Waals surface area contributed by atoms with Gasteiger partial charge in [-0.15, -0.1) is 0 Å². The first-order valence-corrected chi connectivity index (χ1v) is 5.20. The lowest BCUT2D eigenvalue weighted by Gasteiger charge is -2.23. The topological polar surface area (TPSA) is 83.6 Å². The molecule has 0 radical (unpaired) electrons. The lowest BCUT2D eigenvalue weighted by Crippen LogP contribution is -2.25. The number of benzene rings is 1. The monoisotopic (exact) mass is 221 g/mol. The van der Waals surface area contributed by atoms with E-state index in [0.29, 0.717) is 12.8 Å². The highest BCUT2D eigenvalue weighted by atomic mass is 16.6. The molecule has 1 aliphatic rings. The minimum absolute atomic E-state index is 0.0619. The molecule has 0 saturated heterocycles. The van der Waals surface area contributed by atoms with Crippen LogP contribution in [0.3, 0.4) is 0 Å². The maximum Gasteiger partial charge on any atom is 0.455 e. The molecule has 0 saturated carbocycles. The van der Waals surface area contributed by atoms with Crippen LogP contribution in [0.5, 0.6) is 0 Å². The highest BCUT2D eigenvalue weighted by Gasteiger charge is 2.28. The van der Waals surface area contributed by atoms with Crippen molar-refractivity contribution >= 4 is 12.8 Å². The molecule has 2 rings (SSSR count). The predicted molar refractivity (Wildman–Crippen MR) is 59.1 cm³/mol. The Morgan fingerprint density at radius 1 is 1.38 bits per heavy atom. The van der Waals surface area contributed by atoms with Gasteiger partial charge in [-0.2, -0.15) is 0 Å². The van der Waals surface area contributed by atoms with Crippen molar-refractivity contribution in [1.82, 2.24) is 0 Å². The molecule has 0 spiro atoms. The van der Waals surface area contributed by atoms with E-state index in [4.69, 9.17) is 10.0 Å². The summed E-state index contributed by atoms with van der Waals surface area (Å²) in [6, 6.07) is 4.78. The van der Waals surface area contributed by atoms with E-state index in [9.17, 15) is 10.1 Å². The van der Waals surface area contributed by atoms with Gasteiger partial charge in [-0.1, -0.05) is 6.07 Å². The van der Waals surface area contributed by atoms with Gasteiger partial charge in [0.05, 0.1) is 4.92 Å². The first-order valence-electron chi connectivity index (χ1n) is 5.20. The molecule has 0 aliphatic heterocycles. The van der Waals surface area contributed by atoms with Crippen LogP contribution in [0.4, 0.5) is 5.69 Å². The van der Waals surface area contributed by atoms with E-state index in [-0.39, 0.29) is 11.5 Å². The van der Waals surface area contributed by atoms with Gasteiger partial charge < -0.3 is 10.0 Å². The third kappa shape index (κ3) is 2.07. The van der Waals surface area contributed by atoms with Crippen molar-refractivity contribution in [2.45, 2.75) is 25.1 Å². The van der Waals surface area contributed by atoms with Gasteiger partial charge in [0, 0.05) is 12.1 Å². The summed E-state index contributed by atoms with van der Waals surface area (Å²) >= 11 is 0. The molecule has 1 aromatic rings. The molecule has 0 bridgehead atoms. The van der Waals surface area contributed by atoms with E-state index in [1.807, 2.05) is 0 Å². The molecule has 1 aromatic carbocycles. The van der Waals surface area contributed by atoms with Crippen LogP contribution in [0.25, 0.3) is 0 Å². The van der Waals surface area contributed by atoms with Crippen molar-refractivity contribution in [3.63, 3.8) is 0 Å². The molecule has 0 amide bonds. The second-order valence-electron chi connectivity index (χ2n) is 4.13. The highest BCUT2D eigenvalue weighted by molar-refractivity contribution is 6.43. The fraction of sp³-hybridized carbons (Fsp3) is 0.400. The Bertz CT molecular complexity index is 421. The zero-order valence-corrected chi connectivity index (χ0v) is 8.67. The molecule has 1 aliphatic carbocycles. The molecular formula is C10H12BNO4. The first kappa shape index (κ1) is 11.1. The summed E-state index contributed by atoms with van der Waals surface area (Å²) in [6.07, 6.45) is 1.95. The smallest absolute Gasteiger partial charge is 0.427 e. The lowest BCUT2D eigenvalue weighted by molar-refractivity contribution is -0.384. The maximum absolute atomic E-state index is 10.6. The first-order chi connectivity index (χ1) is 7.58. The van der Waals surface area contributed by atoms with E-state index < -0.39 is 12.0 Å². The Morgan fingerprint density at radius 3 is 2.75 bits per heavy atom. The number of aryl methyl sites for hydroxylation is 1. The van der Waals surface area contributed by atoms with Crippen LogP contribution in [0.1, 0.15) is 17.5 Å². The molecule has 6 heteroatoms. The fourth-order valence-electron chi connectivity index (χ4n) is 2.14. The summed E-state index contributed by atoms with van der Waals surface area (Å²) < 4.78 is 0. The van der Waals surface area contributed by atoms with Crippen molar-refractivity contribution in [2.24, 2.45) is 0 Å². The Balaban J connectivity index is 2.28. The zero-order valence-electron chi connectivity index (χ0n) is 8.67. The molecule has 5 nitrogen and oxygen atoms in total. The van der Waals surface area contributed by atoms with Gasteiger partial charge in [-0.25, -0.2) is 0 Å². The number of nitrogens with zero attached hydrogens (tertiary/aromatic N) is 1.